The summed E-state index contributed by atoms with van der Waals surface area (Å²) in [6, 6.07) is 7.96. The quantitative estimate of drug-likeness (QED) is 0.774. The zero-order valence-electron chi connectivity index (χ0n) is 10.9. The number of ether oxygens (including phenoxy) is 2. The van der Waals surface area contributed by atoms with Crippen LogP contribution in [-0.4, -0.2) is 11.3 Å². The van der Waals surface area contributed by atoms with Crippen molar-refractivity contribution in [1.82, 2.24) is 4.98 Å². The van der Waals surface area contributed by atoms with Crippen LogP contribution in [-0.2, 0) is 6.18 Å². The van der Waals surface area contributed by atoms with Gasteiger partial charge in [-0.05, 0) is 30.3 Å². The van der Waals surface area contributed by atoms with Crippen molar-refractivity contribution in [3.63, 3.8) is 0 Å². The molecule has 0 radical (unpaired) electrons. The molecule has 21 heavy (non-hydrogen) atoms. The van der Waals surface area contributed by atoms with E-state index in [1.807, 2.05) is 0 Å². The van der Waals surface area contributed by atoms with Crippen molar-refractivity contribution >= 4 is 0 Å². The zero-order chi connectivity index (χ0) is 15.5. The van der Waals surface area contributed by atoms with Gasteiger partial charge in [-0.25, -0.2) is 9.37 Å². The van der Waals surface area contributed by atoms with Gasteiger partial charge < -0.3 is 9.47 Å². The van der Waals surface area contributed by atoms with Gasteiger partial charge in [0.1, 0.15) is 11.5 Å². The van der Waals surface area contributed by atoms with Crippen molar-refractivity contribution in [2.24, 2.45) is 0 Å². The lowest BCUT2D eigenvalue weighted by molar-refractivity contribution is -0.137. The van der Waals surface area contributed by atoms with Gasteiger partial charge in [-0.1, -0.05) is 0 Å². The summed E-state index contributed by atoms with van der Waals surface area (Å²) in [6.07, 6.45) is -5.18. The van der Waals surface area contributed by atoms with E-state index >= 15 is 0 Å². The fourth-order valence-electron chi connectivity index (χ4n) is 1.50. The summed E-state index contributed by atoms with van der Waals surface area (Å²) in [5.74, 6) is 0.689. The van der Waals surface area contributed by atoms with Crippen LogP contribution in [0.4, 0.5) is 17.6 Å². The molecule has 0 bridgehead atoms. The van der Waals surface area contributed by atoms with Crippen molar-refractivity contribution in [2.45, 2.75) is 19.5 Å². The molecule has 0 N–H and O–H groups in total. The number of pyridine rings is 1. The van der Waals surface area contributed by atoms with Gasteiger partial charge in [0, 0.05) is 19.2 Å². The molecule has 0 aliphatic rings. The molecular weight excluding hydrogens is 290 g/mol. The summed E-state index contributed by atoms with van der Waals surface area (Å²) < 4.78 is 59.8. The van der Waals surface area contributed by atoms with Gasteiger partial charge in [0.25, 0.3) is 0 Å². The third kappa shape index (κ3) is 4.34. The van der Waals surface area contributed by atoms with Gasteiger partial charge in [0.05, 0.1) is 5.56 Å². The van der Waals surface area contributed by atoms with Crippen LogP contribution in [0.15, 0.2) is 42.6 Å². The Hall–Kier alpha value is -2.31. The molecule has 1 aromatic heterocycles. The molecule has 0 aliphatic heterocycles. The highest BCUT2D eigenvalue weighted by atomic mass is 19.4. The molecule has 2 rings (SSSR count). The maximum absolute atomic E-state index is 12.6. The van der Waals surface area contributed by atoms with Crippen LogP contribution in [0, 0.1) is 0 Å². The Balaban J connectivity index is 2.04. The van der Waals surface area contributed by atoms with Crippen LogP contribution in [0.5, 0.6) is 17.4 Å². The third-order valence-electron chi connectivity index (χ3n) is 2.41. The molecule has 0 saturated carbocycles. The first-order valence-electron chi connectivity index (χ1n) is 5.96. The van der Waals surface area contributed by atoms with Crippen molar-refractivity contribution in [1.29, 1.82) is 0 Å². The van der Waals surface area contributed by atoms with Gasteiger partial charge in [-0.2, -0.15) is 13.2 Å². The van der Waals surface area contributed by atoms with E-state index in [1.165, 1.54) is 31.2 Å². The normalized spacial score (nSPS) is 12.8. The summed E-state index contributed by atoms with van der Waals surface area (Å²) >= 11 is 0. The highest BCUT2D eigenvalue weighted by molar-refractivity contribution is 5.34. The van der Waals surface area contributed by atoms with Crippen molar-refractivity contribution < 1.29 is 27.0 Å². The van der Waals surface area contributed by atoms with E-state index < -0.39 is 18.1 Å². The zero-order valence-corrected chi connectivity index (χ0v) is 10.9. The Bertz CT molecular complexity index is 579. The minimum absolute atomic E-state index is 0.0236. The highest BCUT2D eigenvalue weighted by Crippen LogP contribution is 2.30. The first-order valence-corrected chi connectivity index (χ1v) is 5.96. The number of rotatable bonds is 4. The minimum Gasteiger partial charge on any atom is -0.461 e. The largest absolute Gasteiger partial charge is 0.461 e. The van der Waals surface area contributed by atoms with Gasteiger partial charge >= 0.3 is 6.18 Å². The fraction of sp³-hybridized carbons (Fsp3) is 0.214. The first-order chi connectivity index (χ1) is 9.84. The Morgan fingerprint density at radius 2 is 1.62 bits per heavy atom. The van der Waals surface area contributed by atoms with Crippen LogP contribution in [0.3, 0.4) is 0 Å². The lowest BCUT2D eigenvalue weighted by atomic mass is 10.3. The standard InChI is InChI=1S/C14H11F4NO2/c1-9(15)20-11-3-5-12(6-4-11)21-13-7-2-10(8-19-13)14(16,17)18/h2-9H,1H3. The molecular formula is C14H11F4NO2. The Labute approximate surface area is 118 Å². The molecule has 0 saturated heterocycles. The van der Waals surface area contributed by atoms with E-state index in [0.717, 1.165) is 12.1 Å². The van der Waals surface area contributed by atoms with E-state index in [9.17, 15) is 17.6 Å². The maximum atomic E-state index is 12.6. The lowest BCUT2D eigenvalue weighted by Gasteiger charge is -2.09. The number of nitrogens with zero attached hydrogens (tertiary/aromatic N) is 1. The van der Waals surface area contributed by atoms with Gasteiger partial charge in [0.2, 0.25) is 12.2 Å². The molecule has 0 amide bonds. The average Bonchev–Trinajstić information content (AvgIpc) is 2.40. The van der Waals surface area contributed by atoms with E-state index in [1.54, 1.807) is 0 Å². The van der Waals surface area contributed by atoms with Crippen LogP contribution in [0.1, 0.15) is 12.5 Å². The molecule has 1 heterocycles. The number of hydrogen-bond acceptors (Lipinski definition) is 3. The SMILES string of the molecule is CC(F)Oc1ccc(Oc2ccc(C(F)(F)F)cn2)cc1. The van der Waals surface area contributed by atoms with Gasteiger partial charge in [0.15, 0.2) is 0 Å². The molecule has 112 valence electrons. The van der Waals surface area contributed by atoms with E-state index in [4.69, 9.17) is 9.47 Å². The van der Waals surface area contributed by atoms with Crippen molar-refractivity contribution in [3.8, 4) is 17.4 Å². The monoisotopic (exact) mass is 301 g/mol. The third-order valence-corrected chi connectivity index (χ3v) is 2.41. The summed E-state index contributed by atoms with van der Waals surface area (Å²) in [4.78, 5) is 3.58. The average molecular weight is 301 g/mol. The smallest absolute Gasteiger partial charge is 0.417 e. The fourth-order valence-corrected chi connectivity index (χ4v) is 1.50. The number of halogens is 4. The minimum atomic E-state index is -4.44. The summed E-state index contributed by atoms with van der Waals surface area (Å²) in [5.41, 5.74) is -0.851. The Kier molecular flexibility index (Phi) is 4.30. The number of aromatic nitrogens is 1. The number of benzene rings is 1. The summed E-state index contributed by atoms with van der Waals surface area (Å²) in [6.45, 7) is 1.25. The van der Waals surface area contributed by atoms with E-state index in [-0.39, 0.29) is 5.88 Å². The van der Waals surface area contributed by atoms with Crippen LogP contribution < -0.4 is 9.47 Å². The molecule has 0 spiro atoms. The molecule has 1 unspecified atom stereocenters. The molecule has 0 fully saturated rings. The Morgan fingerprint density at radius 1 is 1.00 bits per heavy atom. The molecule has 2 aromatic rings. The van der Waals surface area contributed by atoms with E-state index in [0.29, 0.717) is 17.7 Å². The van der Waals surface area contributed by atoms with Crippen molar-refractivity contribution in [3.05, 3.63) is 48.2 Å². The van der Waals surface area contributed by atoms with Crippen LogP contribution in [0.2, 0.25) is 0 Å². The lowest BCUT2D eigenvalue weighted by Crippen LogP contribution is -2.05. The number of alkyl halides is 4. The highest BCUT2D eigenvalue weighted by Gasteiger charge is 2.30. The second-order valence-corrected chi connectivity index (χ2v) is 4.12. The predicted octanol–water partition coefficient (Wildman–Crippen LogP) is 4.59. The van der Waals surface area contributed by atoms with E-state index in [2.05, 4.69) is 4.98 Å². The second kappa shape index (κ2) is 5.99. The molecule has 3 nitrogen and oxygen atoms in total. The van der Waals surface area contributed by atoms with Crippen molar-refractivity contribution in [2.75, 3.05) is 0 Å². The predicted molar refractivity (Wildman–Crippen MR) is 67.0 cm³/mol. The van der Waals surface area contributed by atoms with Crippen LogP contribution in [0.25, 0.3) is 0 Å². The topological polar surface area (TPSA) is 31.4 Å². The molecule has 7 heteroatoms. The molecule has 1 aromatic carbocycles. The van der Waals surface area contributed by atoms with Gasteiger partial charge in [-0.3, -0.25) is 0 Å². The molecule has 0 aliphatic carbocycles. The maximum Gasteiger partial charge on any atom is 0.417 e. The Morgan fingerprint density at radius 3 is 2.10 bits per heavy atom. The second-order valence-electron chi connectivity index (χ2n) is 4.12. The summed E-state index contributed by atoms with van der Waals surface area (Å²) in [5, 5.41) is 0. The van der Waals surface area contributed by atoms with Crippen LogP contribution >= 0.6 is 0 Å². The first kappa shape index (κ1) is 15.1. The van der Waals surface area contributed by atoms with Gasteiger partial charge in [-0.15, -0.1) is 0 Å². The molecule has 1 atom stereocenters. The summed E-state index contributed by atoms with van der Waals surface area (Å²) in [7, 11) is 0. The number of hydrogen-bond donors (Lipinski definition) is 0.